The highest BCUT2D eigenvalue weighted by Gasteiger charge is 2.28. The Labute approximate surface area is 158 Å². The van der Waals surface area contributed by atoms with Crippen molar-refractivity contribution in [2.24, 2.45) is 0 Å². The molecule has 26 heavy (non-hydrogen) atoms. The molecule has 2 heteroatoms. The molecule has 2 nitrogen and oxygen atoms in total. The van der Waals surface area contributed by atoms with Crippen LogP contribution in [0.25, 0.3) is 0 Å². The van der Waals surface area contributed by atoms with Crippen molar-refractivity contribution in [2.45, 2.75) is 79.1 Å². The van der Waals surface area contributed by atoms with E-state index in [0.717, 1.165) is 27.8 Å². The highest BCUT2D eigenvalue weighted by Crippen LogP contribution is 2.44. The first kappa shape index (κ1) is 20.4. The number of phenols is 2. The molecule has 0 aliphatic heterocycles. The van der Waals surface area contributed by atoms with Crippen molar-refractivity contribution < 1.29 is 10.2 Å². The maximum atomic E-state index is 11.1. The lowest BCUT2D eigenvalue weighted by molar-refractivity contribution is 0.433. The van der Waals surface area contributed by atoms with E-state index in [4.69, 9.17) is 0 Å². The molecule has 2 rings (SSSR count). The lowest BCUT2D eigenvalue weighted by Gasteiger charge is -2.29. The zero-order valence-electron chi connectivity index (χ0n) is 17.8. The van der Waals surface area contributed by atoms with Crippen LogP contribution >= 0.6 is 0 Å². The van der Waals surface area contributed by atoms with Gasteiger partial charge in [0.2, 0.25) is 0 Å². The number of aryl methyl sites for hydroxylation is 2. The Morgan fingerprint density at radius 2 is 1.27 bits per heavy atom. The molecule has 2 N–H and O–H groups in total. The lowest BCUT2D eigenvalue weighted by Crippen LogP contribution is -2.18. The molecule has 0 fully saturated rings. The molecule has 142 valence electrons. The first-order valence-electron chi connectivity index (χ1n) is 9.41. The van der Waals surface area contributed by atoms with Gasteiger partial charge in [0, 0.05) is 17.0 Å². The number of benzene rings is 2. The molecule has 0 spiro atoms. The van der Waals surface area contributed by atoms with Gasteiger partial charge in [0.1, 0.15) is 11.5 Å². The minimum atomic E-state index is -0.162. The van der Waals surface area contributed by atoms with Gasteiger partial charge in [-0.2, -0.15) is 0 Å². The molecule has 1 unspecified atom stereocenters. The maximum absolute atomic E-state index is 11.1. The molecule has 0 amide bonds. The van der Waals surface area contributed by atoms with Crippen LogP contribution in [0.15, 0.2) is 24.3 Å². The predicted octanol–water partition coefficient (Wildman–Crippen LogP) is 6.46. The van der Waals surface area contributed by atoms with Crippen LogP contribution in [0.4, 0.5) is 0 Å². The first-order chi connectivity index (χ1) is 11.7. The Morgan fingerprint density at radius 3 is 1.77 bits per heavy atom. The van der Waals surface area contributed by atoms with E-state index < -0.39 is 0 Å². The summed E-state index contributed by atoms with van der Waals surface area (Å²) in [6.45, 7) is 18.9. The SMILES string of the molecule is Cc1cc(C)c(O)c(C(C)c2cc(C(C)(C)C)cc(C(C)(C)C)c2O)c1. The van der Waals surface area contributed by atoms with Crippen molar-refractivity contribution in [2.75, 3.05) is 0 Å². The third-order valence-corrected chi connectivity index (χ3v) is 5.22. The largest absolute Gasteiger partial charge is 0.507 e. The van der Waals surface area contributed by atoms with Gasteiger partial charge in [-0.15, -0.1) is 0 Å². The summed E-state index contributed by atoms with van der Waals surface area (Å²) >= 11 is 0. The molecule has 1 atom stereocenters. The zero-order chi connectivity index (χ0) is 20.0. The molecule has 0 heterocycles. The summed E-state index contributed by atoms with van der Waals surface area (Å²) in [5.41, 5.74) is 5.70. The second-order valence-electron chi connectivity index (χ2n) is 9.70. The van der Waals surface area contributed by atoms with Gasteiger partial charge in [-0.3, -0.25) is 0 Å². The predicted molar refractivity (Wildman–Crippen MR) is 111 cm³/mol. The van der Waals surface area contributed by atoms with E-state index >= 15 is 0 Å². The van der Waals surface area contributed by atoms with Crippen molar-refractivity contribution >= 4 is 0 Å². The molecule has 0 aliphatic rings. The monoisotopic (exact) mass is 354 g/mol. The summed E-state index contributed by atoms with van der Waals surface area (Å²) in [5.74, 6) is 0.564. The summed E-state index contributed by atoms with van der Waals surface area (Å²) < 4.78 is 0. The van der Waals surface area contributed by atoms with E-state index in [1.807, 2.05) is 26.0 Å². The van der Waals surface area contributed by atoms with Crippen LogP contribution in [0.1, 0.15) is 87.8 Å². The van der Waals surface area contributed by atoms with E-state index in [2.05, 4.69) is 60.6 Å². The fraction of sp³-hybridized carbons (Fsp3) is 0.500. The standard InChI is InChI=1S/C24H34O2/c1-14-10-15(2)21(25)18(11-14)16(3)19-12-17(23(4,5)6)13-20(22(19)26)24(7,8)9/h10-13,16,25-26H,1-9H3. The van der Waals surface area contributed by atoms with Crippen LogP contribution < -0.4 is 0 Å². The Balaban J connectivity index is 2.76. The smallest absolute Gasteiger partial charge is 0.123 e. The number of phenolic OH excluding ortho intramolecular Hbond substituents is 2. The molecule has 0 aromatic heterocycles. The van der Waals surface area contributed by atoms with Gasteiger partial charge >= 0.3 is 0 Å². The lowest BCUT2D eigenvalue weighted by atomic mass is 9.76. The average molecular weight is 355 g/mol. The second kappa shape index (κ2) is 6.64. The summed E-state index contributed by atoms with van der Waals surface area (Å²) in [5, 5.41) is 21.7. The van der Waals surface area contributed by atoms with E-state index in [1.54, 1.807) is 0 Å². The first-order valence-corrected chi connectivity index (χ1v) is 9.41. The third-order valence-electron chi connectivity index (χ3n) is 5.22. The van der Waals surface area contributed by atoms with Gasteiger partial charge in [-0.1, -0.05) is 78.3 Å². The van der Waals surface area contributed by atoms with Crippen molar-refractivity contribution in [3.63, 3.8) is 0 Å². The van der Waals surface area contributed by atoms with Gasteiger partial charge in [0.15, 0.2) is 0 Å². The quantitative estimate of drug-likeness (QED) is 0.649. The zero-order valence-corrected chi connectivity index (χ0v) is 17.8. The summed E-state index contributed by atoms with van der Waals surface area (Å²) in [7, 11) is 0. The van der Waals surface area contributed by atoms with Crippen LogP contribution in [0, 0.1) is 13.8 Å². The van der Waals surface area contributed by atoms with E-state index in [9.17, 15) is 10.2 Å². The van der Waals surface area contributed by atoms with Crippen LogP contribution in [0.2, 0.25) is 0 Å². The molecule has 0 radical (unpaired) electrons. The van der Waals surface area contributed by atoms with E-state index in [1.165, 1.54) is 5.56 Å². The van der Waals surface area contributed by atoms with E-state index in [0.29, 0.717) is 11.5 Å². The molecule has 0 bridgehead atoms. The Kier molecular flexibility index (Phi) is 5.20. The minimum Gasteiger partial charge on any atom is -0.507 e. The van der Waals surface area contributed by atoms with Gasteiger partial charge in [0.05, 0.1) is 0 Å². The number of hydrogen-bond donors (Lipinski definition) is 2. The van der Waals surface area contributed by atoms with Crippen LogP contribution in [-0.4, -0.2) is 10.2 Å². The fourth-order valence-corrected chi connectivity index (χ4v) is 3.48. The van der Waals surface area contributed by atoms with Gasteiger partial charge in [-0.25, -0.2) is 0 Å². The molecule has 0 saturated carbocycles. The molecule has 2 aromatic rings. The van der Waals surface area contributed by atoms with Crippen molar-refractivity contribution in [3.05, 3.63) is 57.6 Å². The molecule has 0 aliphatic carbocycles. The minimum absolute atomic E-state index is 0.0211. The summed E-state index contributed by atoms with van der Waals surface area (Å²) in [6, 6.07) is 8.24. The van der Waals surface area contributed by atoms with Crippen LogP contribution in [0.3, 0.4) is 0 Å². The molecule has 0 saturated heterocycles. The number of hydrogen-bond acceptors (Lipinski definition) is 2. The Morgan fingerprint density at radius 1 is 0.731 bits per heavy atom. The summed E-state index contributed by atoms with van der Waals surface area (Å²) in [4.78, 5) is 0. The normalized spacial score (nSPS) is 13.7. The topological polar surface area (TPSA) is 40.5 Å². The fourth-order valence-electron chi connectivity index (χ4n) is 3.48. The Bertz CT molecular complexity index is 818. The summed E-state index contributed by atoms with van der Waals surface area (Å²) in [6.07, 6.45) is 0. The van der Waals surface area contributed by atoms with Crippen molar-refractivity contribution in [1.82, 2.24) is 0 Å². The van der Waals surface area contributed by atoms with Crippen molar-refractivity contribution in [1.29, 1.82) is 0 Å². The van der Waals surface area contributed by atoms with Gasteiger partial charge in [-0.05, 0) is 41.4 Å². The Hall–Kier alpha value is -1.96. The maximum Gasteiger partial charge on any atom is 0.123 e. The van der Waals surface area contributed by atoms with Crippen molar-refractivity contribution in [3.8, 4) is 11.5 Å². The van der Waals surface area contributed by atoms with E-state index in [-0.39, 0.29) is 16.7 Å². The average Bonchev–Trinajstić information content (AvgIpc) is 2.48. The highest BCUT2D eigenvalue weighted by atomic mass is 16.3. The second-order valence-corrected chi connectivity index (χ2v) is 9.70. The molecule has 2 aromatic carbocycles. The van der Waals surface area contributed by atoms with Crippen LogP contribution in [0.5, 0.6) is 11.5 Å². The third kappa shape index (κ3) is 3.90. The number of rotatable bonds is 2. The molecular weight excluding hydrogens is 320 g/mol. The molecular formula is C24H34O2. The van der Waals surface area contributed by atoms with Gasteiger partial charge in [0.25, 0.3) is 0 Å². The van der Waals surface area contributed by atoms with Crippen LogP contribution in [-0.2, 0) is 10.8 Å². The highest BCUT2D eigenvalue weighted by molar-refractivity contribution is 5.55. The van der Waals surface area contributed by atoms with Gasteiger partial charge < -0.3 is 10.2 Å². The number of aromatic hydroxyl groups is 2.